The first-order chi connectivity index (χ1) is 8.31. The quantitative estimate of drug-likeness (QED) is 0.753. The van der Waals surface area contributed by atoms with Crippen molar-refractivity contribution in [2.24, 2.45) is 5.92 Å². The first kappa shape index (κ1) is 10.8. The van der Waals surface area contributed by atoms with E-state index in [4.69, 9.17) is 0 Å². The van der Waals surface area contributed by atoms with Crippen molar-refractivity contribution in [3.63, 3.8) is 0 Å². The highest BCUT2D eigenvalue weighted by atomic mass is 15.1. The highest BCUT2D eigenvalue weighted by Crippen LogP contribution is 2.20. The van der Waals surface area contributed by atoms with E-state index in [0.717, 1.165) is 12.5 Å². The third-order valence-corrected chi connectivity index (χ3v) is 3.73. The second kappa shape index (κ2) is 4.50. The molecule has 0 saturated carbocycles. The third kappa shape index (κ3) is 2.34. The second-order valence-corrected chi connectivity index (χ2v) is 5.31. The summed E-state index contributed by atoms with van der Waals surface area (Å²) in [6, 6.07) is 15.4. The van der Waals surface area contributed by atoms with Gasteiger partial charge in [0.1, 0.15) is 0 Å². The minimum Gasteiger partial charge on any atom is -0.299 e. The molecule has 1 unspecified atom stereocenters. The first-order valence-corrected chi connectivity index (χ1v) is 6.51. The Balaban J connectivity index is 1.81. The van der Waals surface area contributed by atoms with Crippen molar-refractivity contribution in [3.05, 3.63) is 48.0 Å². The summed E-state index contributed by atoms with van der Waals surface area (Å²) in [5.74, 6) is 0.871. The summed E-state index contributed by atoms with van der Waals surface area (Å²) < 4.78 is 0. The van der Waals surface area contributed by atoms with Gasteiger partial charge in [-0.2, -0.15) is 0 Å². The number of benzene rings is 2. The van der Waals surface area contributed by atoms with Crippen molar-refractivity contribution in [2.75, 3.05) is 13.1 Å². The van der Waals surface area contributed by atoms with Crippen molar-refractivity contribution >= 4 is 10.8 Å². The van der Waals surface area contributed by atoms with E-state index in [9.17, 15) is 0 Å². The van der Waals surface area contributed by atoms with Crippen LogP contribution in [0.25, 0.3) is 10.8 Å². The van der Waals surface area contributed by atoms with Gasteiger partial charge in [0.25, 0.3) is 0 Å². The van der Waals surface area contributed by atoms with Crippen LogP contribution in [0.2, 0.25) is 0 Å². The Labute approximate surface area is 103 Å². The Morgan fingerprint density at radius 3 is 2.71 bits per heavy atom. The van der Waals surface area contributed by atoms with E-state index in [1.165, 1.54) is 35.8 Å². The first-order valence-electron chi connectivity index (χ1n) is 6.51. The topological polar surface area (TPSA) is 3.24 Å². The van der Waals surface area contributed by atoms with Crippen LogP contribution in [0.3, 0.4) is 0 Å². The predicted molar refractivity (Wildman–Crippen MR) is 73.0 cm³/mol. The molecule has 0 aromatic heterocycles. The van der Waals surface area contributed by atoms with Crippen LogP contribution in [0.4, 0.5) is 0 Å². The lowest BCUT2D eigenvalue weighted by atomic mass is 10.1. The van der Waals surface area contributed by atoms with Crippen LogP contribution in [-0.4, -0.2) is 18.0 Å². The zero-order valence-corrected chi connectivity index (χ0v) is 10.4. The van der Waals surface area contributed by atoms with Crippen LogP contribution in [0.5, 0.6) is 0 Å². The van der Waals surface area contributed by atoms with Gasteiger partial charge in [-0.05, 0) is 41.3 Å². The molecule has 0 aliphatic carbocycles. The Bertz CT molecular complexity index is 518. The second-order valence-electron chi connectivity index (χ2n) is 5.31. The average molecular weight is 225 g/mol. The van der Waals surface area contributed by atoms with E-state index in [2.05, 4.69) is 54.3 Å². The molecule has 1 nitrogen and oxygen atoms in total. The van der Waals surface area contributed by atoms with E-state index >= 15 is 0 Å². The third-order valence-electron chi connectivity index (χ3n) is 3.73. The smallest absolute Gasteiger partial charge is 0.0234 e. The largest absolute Gasteiger partial charge is 0.299 e. The molecule has 1 aliphatic rings. The number of nitrogens with zero attached hydrogens (tertiary/aromatic N) is 1. The van der Waals surface area contributed by atoms with Crippen LogP contribution in [0.1, 0.15) is 18.9 Å². The van der Waals surface area contributed by atoms with Crippen LogP contribution in [0.15, 0.2) is 42.5 Å². The lowest BCUT2D eigenvalue weighted by Gasteiger charge is -2.15. The molecule has 1 heteroatoms. The maximum Gasteiger partial charge on any atom is 0.0234 e. The van der Waals surface area contributed by atoms with Gasteiger partial charge >= 0.3 is 0 Å². The minimum atomic E-state index is 0.871. The summed E-state index contributed by atoms with van der Waals surface area (Å²) >= 11 is 0. The van der Waals surface area contributed by atoms with Crippen molar-refractivity contribution in [1.29, 1.82) is 0 Å². The number of fused-ring (bicyclic) bond motifs is 1. The monoisotopic (exact) mass is 225 g/mol. The molecule has 1 atom stereocenters. The summed E-state index contributed by atoms with van der Waals surface area (Å²) in [4.78, 5) is 2.56. The van der Waals surface area contributed by atoms with E-state index in [1.54, 1.807) is 0 Å². The minimum absolute atomic E-state index is 0.871. The summed E-state index contributed by atoms with van der Waals surface area (Å²) in [7, 11) is 0. The summed E-state index contributed by atoms with van der Waals surface area (Å²) in [6.45, 7) is 5.97. The SMILES string of the molecule is CC1CCN(Cc2ccc3ccccc3c2)C1. The number of hydrogen-bond donors (Lipinski definition) is 0. The lowest BCUT2D eigenvalue weighted by Crippen LogP contribution is -2.19. The Kier molecular flexibility index (Phi) is 2.86. The molecule has 2 aromatic carbocycles. The van der Waals surface area contributed by atoms with Crippen LogP contribution >= 0.6 is 0 Å². The van der Waals surface area contributed by atoms with E-state index in [-0.39, 0.29) is 0 Å². The standard InChI is InChI=1S/C16H19N/c1-13-8-9-17(11-13)12-14-6-7-15-4-2-3-5-16(15)10-14/h2-7,10,13H,8-9,11-12H2,1H3. The fraction of sp³-hybridized carbons (Fsp3) is 0.375. The maximum atomic E-state index is 2.56. The molecule has 0 spiro atoms. The molecule has 1 heterocycles. The van der Waals surface area contributed by atoms with Gasteiger partial charge in [0.05, 0.1) is 0 Å². The van der Waals surface area contributed by atoms with Crippen molar-refractivity contribution in [3.8, 4) is 0 Å². The Hall–Kier alpha value is -1.34. The fourth-order valence-corrected chi connectivity index (χ4v) is 2.77. The van der Waals surface area contributed by atoms with Crippen LogP contribution in [0, 0.1) is 5.92 Å². The van der Waals surface area contributed by atoms with E-state index in [0.29, 0.717) is 0 Å². The molecule has 0 bridgehead atoms. The van der Waals surface area contributed by atoms with Gasteiger partial charge < -0.3 is 0 Å². The highest BCUT2D eigenvalue weighted by Gasteiger charge is 2.18. The Morgan fingerprint density at radius 1 is 1.12 bits per heavy atom. The number of likely N-dealkylation sites (tertiary alicyclic amines) is 1. The lowest BCUT2D eigenvalue weighted by molar-refractivity contribution is 0.320. The van der Waals surface area contributed by atoms with Crippen LogP contribution in [-0.2, 0) is 6.54 Å². The Morgan fingerprint density at radius 2 is 1.94 bits per heavy atom. The summed E-state index contributed by atoms with van der Waals surface area (Å²) in [5, 5.41) is 2.70. The molecule has 0 N–H and O–H groups in total. The molecule has 17 heavy (non-hydrogen) atoms. The summed E-state index contributed by atoms with van der Waals surface area (Å²) in [5.41, 5.74) is 1.44. The zero-order chi connectivity index (χ0) is 11.7. The van der Waals surface area contributed by atoms with Gasteiger partial charge in [-0.3, -0.25) is 4.90 Å². The maximum absolute atomic E-state index is 2.56. The molecule has 1 fully saturated rings. The molecule has 1 saturated heterocycles. The molecule has 1 aliphatic heterocycles. The van der Waals surface area contributed by atoms with E-state index in [1.807, 2.05) is 0 Å². The van der Waals surface area contributed by atoms with Crippen molar-refractivity contribution < 1.29 is 0 Å². The van der Waals surface area contributed by atoms with Gasteiger partial charge in [0.15, 0.2) is 0 Å². The fourth-order valence-electron chi connectivity index (χ4n) is 2.77. The average Bonchev–Trinajstić information content (AvgIpc) is 2.75. The summed E-state index contributed by atoms with van der Waals surface area (Å²) in [6.07, 6.45) is 1.35. The number of hydrogen-bond acceptors (Lipinski definition) is 1. The van der Waals surface area contributed by atoms with Gasteiger partial charge in [-0.15, -0.1) is 0 Å². The predicted octanol–water partition coefficient (Wildman–Crippen LogP) is 3.68. The van der Waals surface area contributed by atoms with Gasteiger partial charge in [-0.25, -0.2) is 0 Å². The highest BCUT2D eigenvalue weighted by molar-refractivity contribution is 5.82. The molecule has 88 valence electrons. The van der Waals surface area contributed by atoms with Gasteiger partial charge in [0, 0.05) is 13.1 Å². The van der Waals surface area contributed by atoms with Gasteiger partial charge in [-0.1, -0.05) is 43.3 Å². The van der Waals surface area contributed by atoms with Gasteiger partial charge in [0.2, 0.25) is 0 Å². The normalized spacial score (nSPS) is 21.1. The van der Waals surface area contributed by atoms with Crippen LogP contribution < -0.4 is 0 Å². The molecule has 0 radical (unpaired) electrons. The van der Waals surface area contributed by atoms with Crippen molar-refractivity contribution in [1.82, 2.24) is 4.90 Å². The molecular formula is C16H19N. The number of rotatable bonds is 2. The zero-order valence-electron chi connectivity index (χ0n) is 10.4. The molecule has 0 amide bonds. The van der Waals surface area contributed by atoms with E-state index < -0.39 is 0 Å². The molecular weight excluding hydrogens is 206 g/mol. The molecule has 3 rings (SSSR count). The van der Waals surface area contributed by atoms with Crippen molar-refractivity contribution in [2.45, 2.75) is 19.9 Å². The molecule has 2 aromatic rings.